The lowest BCUT2D eigenvalue weighted by Gasteiger charge is -2.40. The Kier molecular flexibility index (Phi) is 7.64. The number of aromatic hydroxyl groups is 1. The molecule has 1 amide bonds. The Hall–Kier alpha value is -4.87. The highest BCUT2D eigenvalue weighted by molar-refractivity contribution is 6.29. The summed E-state index contributed by atoms with van der Waals surface area (Å²) in [6, 6.07) is 14.4. The van der Waals surface area contributed by atoms with Gasteiger partial charge in [-0.05, 0) is 23.8 Å². The molecule has 15 heteroatoms. The molecule has 8 rings (SSSR count). The number of aliphatic hydroxyl groups excluding tert-OH is 3. The molecule has 0 saturated carbocycles. The molecule has 3 aromatic carbocycles. The average molecular weight is 672 g/mol. The minimum atomic E-state index is -1.77. The van der Waals surface area contributed by atoms with Crippen LogP contribution in [-0.4, -0.2) is 100 Å². The number of fused-ring (bicyclic) bond motifs is 6. The molecule has 0 unspecified atom stereocenters. The van der Waals surface area contributed by atoms with E-state index >= 15 is 0 Å². The Morgan fingerprint density at radius 3 is 2.41 bits per heavy atom. The van der Waals surface area contributed by atoms with Gasteiger partial charge in [0.2, 0.25) is 12.2 Å². The summed E-state index contributed by atoms with van der Waals surface area (Å²) in [6.45, 7) is 0.0199. The van der Waals surface area contributed by atoms with Gasteiger partial charge in [0.1, 0.15) is 49.5 Å². The lowest BCUT2D eigenvalue weighted by Crippen LogP contribution is -2.70. The smallest absolute Gasteiger partial charge is 0.242 e. The molecule has 2 bridgehead atoms. The molecule has 254 valence electrons. The van der Waals surface area contributed by atoms with Gasteiger partial charge in [0, 0.05) is 33.9 Å². The lowest BCUT2D eigenvalue weighted by atomic mass is 9.79. The first-order chi connectivity index (χ1) is 23.6. The zero-order chi connectivity index (χ0) is 34.1. The van der Waals surface area contributed by atoms with E-state index in [-0.39, 0.29) is 52.7 Å². The van der Waals surface area contributed by atoms with Gasteiger partial charge < -0.3 is 44.9 Å². The van der Waals surface area contributed by atoms with Crippen molar-refractivity contribution in [1.82, 2.24) is 16.0 Å². The Bertz CT molecular complexity index is 1900. The van der Waals surface area contributed by atoms with E-state index in [9.17, 15) is 34.8 Å². The summed E-state index contributed by atoms with van der Waals surface area (Å²) in [7, 11) is 0. The van der Waals surface area contributed by atoms with Crippen LogP contribution in [0.4, 0.5) is 5.69 Å². The molecule has 9 atom stereocenters. The third-order valence-corrected chi connectivity index (χ3v) is 9.68. The summed E-state index contributed by atoms with van der Waals surface area (Å²) in [5.74, 6) is -3.17. The van der Waals surface area contributed by atoms with Crippen molar-refractivity contribution in [3.05, 3.63) is 100 Å². The van der Waals surface area contributed by atoms with E-state index in [0.717, 1.165) is 0 Å². The maximum absolute atomic E-state index is 13.9. The van der Waals surface area contributed by atoms with Crippen LogP contribution in [0.3, 0.4) is 0 Å². The number of ketones is 2. The molecular formula is C34H33N5O10. The molecule has 4 heterocycles. The van der Waals surface area contributed by atoms with Crippen LogP contribution in [0.1, 0.15) is 48.9 Å². The fourth-order valence-corrected chi connectivity index (χ4v) is 7.25. The minimum absolute atomic E-state index is 0.0619. The van der Waals surface area contributed by atoms with Gasteiger partial charge >= 0.3 is 0 Å². The van der Waals surface area contributed by atoms with Crippen LogP contribution < -0.4 is 31.3 Å². The fraction of sp³-hybridized carbons (Fsp3) is 0.324. The largest absolute Gasteiger partial charge is 0.504 e. The molecule has 0 radical (unpaired) electrons. The van der Waals surface area contributed by atoms with Gasteiger partial charge in [0.25, 0.3) is 0 Å². The third-order valence-electron chi connectivity index (χ3n) is 9.68. The molecule has 15 nitrogen and oxygen atoms in total. The Morgan fingerprint density at radius 2 is 1.61 bits per heavy atom. The van der Waals surface area contributed by atoms with E-state index in [1.165, 1.54) is 24.5 Å². The molecule has 3 fully saturated rings. The summed E-state index contributed by atoms with van der Waals surface area (Å²) in [5, 5.41) is 53.2. The van der Waals surface area contributed by atoms with E-state index in [4.69, 9.17) is 19.9 Å². The number of hydrogen-bond donors (Lipinski definition) is 8. The third kappa shape index (κ3) is 4.97. The zero-order valence-corrected chi connectivity index (χ0v) is 25.7. The predicted molar refractivity (Wildman–Crippen MR) is 169 cm³/mol. The first kappa shape index (κ1) is 31.4. The number of nitrogens with zero attached hydrogens (tertiary/aromatic N) is 1. The summed E-state index contributed by atoms with van der Waals surface area (Å²) in [4.78, 5) is 42.4. The second-order valence-corrected chi connectivity index (χ2v) is 12.5. The molecule has 1 aliphatic carbocycles. The summed E-state index contributed by atoms with van der Waals surface area (Å²) >= 11 is 0. The fourth-order valence-electron chi connectivity index (χ4n) is 7.25. The van der Waals surface area contributed by atoms with Crippen LogP contribution in [0, 0.1) is 0 Å². The van der Waals surface area contributed by atoms with Gasteiger partial charge in [0.05, 0.1) is 18.5 Å². The number of allylic oxidation sites excluding steroid dienone is 1. The number of phenolic OH excluding ortho intramolecular Hbond substituents is 1. The highest BCUT2D eigenvalue weighted by Gasteiger charge is 2.48. The van der Waals surface area contributed by atoms with Gasteiger partial charge in [0.15, 0.2) is 23.1 Å². The van der Waals surface area contributed by atoms with Crippen LogP contribution in [0.5, 0.6) is 11.5 Å². The number of hydrogen-bond acceptors (Lipinski definition) is 14. The zero-order valence-electron chi connectivity index (χ0n) is 25.7. The summed E-state index contributed by atoms with van der Waals surface area (Å²) in [5.41, 5.74) is 7.47. The number of amides is 1. The summed E-state index contributed by atoms with van der Waals surface area (Å²) in [6.07, 6.45) is -6.09. The number of rotatable bonds is 2. The Morgan fingerprint density at radius 1 is 0.878 bits per heavy atom. The quantitative estimate of drug-likeness (QED) is 0.129. The maximum atomic E-state index is 13.9. The molecule has 4 aliphatic heterocycles. The van der Waals surface area contributed by atoms with Crippen LogP contribution in [-0.2, 0) is 14.3 Å². The van der Waals surface area contributed by atoms with Gasteiger partial charge in [-0.15, -0.1) is 0 Å². The maximum Gasteiger partial charge on any atom is 0.242 e. The van der Waals surface area contributed by atoms with Crippen molar-refractivity contribution in [3.63, 3.8) is 0 Å². The normalized spacial score (nSPS) is 32.7. The molecule has 3 aromatic rings. The van der Waals surface area contributed by atoms with E-state index in [0.29, 0.717) is 11.3 Å². The monoisotopic (exact) mass is 671 g/mol. The molecule has 0 aromatic heterocycles. The van der Waals surface area contributed by atoms with E-state index < -0.39 is 72.4 Å². The number of carbonyl (C=O) groups is 3. The molecule has 9 N–H and O–H groups in total. The van der Waals surface area contributed by atoms with Crippen molar-refractivity contribution < 1.29 is 49.0 Å². The number of benzene rings is 3. The number of aliphatic hydroxyl groups is 3. The van der Waals surface area contributed by atoms with E-state index in [2.05, 4.69) is 16.0 Å². The number of phenols is 1. The first-order valence-corrected chi connectivity index (χ1v) is 15.8. The molecule has 0 spiro atoms. The molecule has 49 heavy (non-hydrogen) atoms. The molecule has 5 aliphatic rings. The number of carbonyl (C=O) groups excluding carboxylic acids is 3. The van der Waals surface area contributed by atoms with Crippen molar-refractivity contribution in [2.24, 2.45) is 5.73 Å². The second kappa shape index (κ2) is 11.9. The van der Waals surface area contributed by atoms with Crippen LogP contribution in [0.25, 0.3) is 0 Å². The van der Waals surface area contributed by atoms with Crippen molar-refractivity contribution in [3.8, 4) is 11.5 Å². The molecular weight excluding hydrogens is 638 g/mol. The van der Waals surface area contributed by atoms with Gasteiger partial charge in [-0.2, -0.15) is 0 Å². The van der Waals surface area contributed by atoms with Crippen molar-refractivity contribution in [1.29, 1.82) is 0 Å². The Balaban J connectivity index is 1.33. The van der Waals surface area contributed by atoms with E-state index in [1.54, 1.807) is 24.3 Å². The standard InChI is InChI=1S/C34H33N5O10/c35-34-37-31-23(32(46)38-34)36-13-39(31)20-8-4-3-5-15(20)14-9-10-47-12-21-26(42)28(44)29(45)33(48-21)49-30-18(14)11-19-22(27(30)43)25(41)17-7-2-1-6-16(17)24(19)40/h1-11,14,21,23,26,28-29,31,33-34,36-37,42-45H,12-13,35H2,(H,38,46)/b10-9+/t14-,21-,23+,26-,28+,29-,31+,33+,34+/m0/s1. The first-order valence-electron chi connectivity index (χ1n) is 15.8. The van der Waals surface area contributed by atoms with Crippen LogP contribution >= 0.6 is 0 Å². The Labute approximate surface area is 278 Å². The summed E-state index contributed by atoms with van der Waals surface area (Å²) < 4.78 is 17.8. The second-order valence-electron chi connectivity index (χ2n) is 12.5. The number of nitrogens with one attached hydrogen (secondary N) is 3. The molecule has 3 saturated heterocycles. The van der Waals surface area contributed by atoms with Crippen molar-refractivity contribution in [2.75, 3.05) is 18.2 Å². The number of ether oxygens (including phenoxy) is 3. The van der Waals surface area contributed by atoms with Gasteiger partial charge in [-0.25, -0.2) is 0 Å². The van der Waals surface area contributed by atoms with Gasteiger partial charge in [-0.3, -0.25) is 30.8 Å². The van der Waals surface area contributed by atoms with Crippen LogP contribution in [0.15, 0.2) is 66.9 Å². The minimum Gasteiger partial charge on any atom is -0.504 e. The van der Waals surface area contributed by atoms with Gasteiger partial charge in [-0.1, -0.05) is 42.5 Å². The van der Waals surface area contributed by atoms with Crippen molar-refractivity contribution >= 4 is 23.2 Å². The van der Waals surface area contributed by atoms with E-state index in [1.807, 2.05) is 23.1 Å². The predicted octanol–water partition coefficient (Wildman–Crippen LogP) is -0.947. The highest BCUT2D eigenvalue weighted by Crippen LogP contribution is 2.48. The van der Waals surface area contributed by atoms with Crippen molar-refractivity contribution in [2.45, 2.75) is 55.1 Å². The lowest BCUT2D eigenvalue weighted by molar-refractivity contribution is -0.277. The number of anilines is 1. The topological polar surface area (TPSA) is 225 Å². The highest BCUT2D eigenvalue weighted by atomic mass is 16.7. The SMILES string of the molecule is N[C@H]1NC(=O)[C@@H]2NCN(c3ccccc3[C@@H]3/C=C/OC[C@@H]4O[C@H](Oc5c3cc3c(c5O)C(=O)c5ccccc5C3=O)[C@@H](O)[C@H](O)[C@H]4O)[C@H]2N1. The average Bonchev–Trinajstić information content (AvgIpc) is 3.51. The van der Waals surface area contributed by atoms with Crippen LogP contribution in [0.2, 0.25) is 0 Å². The number of nitrogens with two attached hydrogens (primary N) is 1. The number of para-hydroxylation sites is 1.